The van der Waals surface area contributed by atoms with Crippen molar-refractivity contribution >= 4 is 33.5 Å². The van der Waals surface area contributed by atoms with E-state index in [0.29, 0.717) is 6.61 Å². The molecule has 1 atom stereocenters. The molecule has 1 aromatic carbocycles. The summed E-state index contributed by atoms with van der Waals surface area (Å²) in [5.74, 6) is -1.69. The molecule has 0 aliphatic carbocycles. The van der Waals surface area contributed by atoms with Gasteiger partial charge >= 0.3 is 5.97 Å². The maximum absolute atomic E-state index is 12.4. The monoisotopic (exact) mass is 376 g/mol. The third kappa shape index (κ3) is 4.91. The Balaban J connectivity index is 2.14. The number of rotatable bonds is 7. The van der Waals surface area contributed by atoms with Crippen molar-refractivity contribution in [2.24, 2.45) is 5.73 Å². The number of amides is 1. The first kappa shape index (κ1) is 18.7. The van der Waals surface area contributed by atoms with Crippen LogP contribution in [0.1, 0.15) is 23.2 Å². The summed E-state index contributed by atoms with van der Waals surface area (Å²) in [4.78, 5) is 22.2. The molecule has 0 aromatic heterocycles. The van der Waals surface area contributed by atoms with Crippen molar-refractivity contribution in [2.45, 2.75) is 23.8 Å². The predicted molar refractivity (Wildman–Crippen MR) is 85.1 cm³/mol. The van der Waals surface area contributed by atoms with Crippen LogP contribution >= 0.6 is 11.6 Å². The third-order valence-corrected chi connectivity index (χ3v) is 5.23. The summed E-state index contributed by atoms with van der Waals surface area (Å²) in [6, 6.07) is 3.65. The highest BCUT2D eigenvalue weighted by Gasteiger charge is 2.23. The van der Waals surface area contributed by atoms with E-state index >= 15 is 0 Å². The molecule has 3 N–H and O–H groups in total. The van der Waals surface area contributed by atoms with Crippen LogP contribution in [-0.2, 0) is 24.3 Å². The maximum Gasteiger partial charge on any atom is 0.338 e. The topological polar surface area (TPSA) is 125 Å². The predicted octanol–water partition coefficient (Wildman–Crippen LogP) is 0.439. The average molecular weight is 377 g/mol. The lowest BCUT2D eigenvalue weighted by molar-refractivity contribution is -0.121. The molecule has 1 saturated heterocycles. The molecule has 8 nitrogen and oxygen atoms in total. The molecule has 1 aliphatic heterocycles. The van der Waals surface area contributed by atoms with Gasteiger partial charge in [-0.1, -0.05) is 11.6 Å². The second-order valence-electron chi connectivity index (χ2n) is 5.17. The van der Waals surface area contributed by atoms with Crippen molar-refractivity contribution in [1.29, 1.82) is 0 Å². The number of sulfonamides is 1. The highest BCUT2D eigenvalue weighted by molar-refractivity contribution is 7.89. The van der Waals surface area contributed by atoms with Gasteiger partial charge in [-0.3, -0.25) is 4.79 Å². The lowest BCUT2D eigenvalue weighted by atomic mass is 10.2. The Morgan fingerprint density at radius 1 is 1.42 bits per heavy atom. The average Bonchev–Trinajstić information content (AvgIpc) is 3.04. The van der Waals surface area contributed by atoms with Gasteiger partial charge in [0.1, 0.15) is 4.90 Å². The summed E-state index contributed by atoms with van der Waals surface area (Å²) >= 11 is 5.93. The van der Waals surface area contributed by atoms with E-state index in [4.69, 9.17) is 22.1 Å². The fourth-order valence-electron chi connectivity index (χ4n) is 2.14. The van der Waals surface area contributed by atoms with E-state index in [1.54, 1.807) is 0 Å². The highest BCUT2D eigenvalue weighted by Crippen LogP contribution is 2.23. The molecule has 2 rings (SSSR count). The van der Waals surface area contributed by atoms with Gasteiger partial charge in [0.25, 0.3) is 5.91 Å². The van der Waals surface area contributed by atoms with Gasteiger partial charge in [-0.25, -0.2) is 17.9 Å². The van der Waals surface area contributed by atoms with Crippen LogP contribution in [0.2, 0.25) is 5.02 Å². The van der Waals surface area contributed by atoms with Crippen LogP contribution in [0.5, 0.6) is 0 Å². The minimum atomic E-state index is -3.93. The molecule has 0 saturated carbocycles. The van der Waals surface area contributed by atoms with Gasteiger partial charge in [0.2, 0.25) is 10.0 Å². The van der Waals surface area contributed by atoms with Crippen LogP contribution in [0.4, 0.5) is 0 Å². The lowest BCUT2D eigenvalue weighted by Gasteiger charge is -2.13. The minimum absolute atomic E-state index is 0.0405. The minimum Gasteiger partial charge on any atom is -0.452 e. The normalized spacial score (nSPS) is 17.6. The zero-order chi connectivity index (χ0) is 17.7. The van der Waals surface area contributed by atoms with Crippen molar-refractivity contribution < 1.29 is 27.5 Å². The van der Waals surface area contributed by atoms with Crippen molar-refractivity contribution in [3.8, 4) is 0 Å². The van der Waals surface area contributed by atoms with Crippen molar-refractivity contribution in [3.63, 3.8) is 0 Å². The zero-order valence-corrected chi connectivity index (χ0v) is 14.2. The molecular weight excluding hydrogens is 360 g/mol. The molecule has 0 unspecified atom stereocenters. The first-order valence-corrected chi connectivity index (χ1v) is 9.02. The summed E-state index contributed by atoms with van der Waals surface area (Å²) in [7, 11) is -3.93. The van der Waals surface area contributed by atoms with E-state index in [1.807, 2.05) is 0 Å². The molecule has 132 valence electrons. The number of nitrogens with one attached hydrogen (secondary N) is 1. The van der Waals surface area contributed by atoms with E-state index in [9.17, 15) is 18.0 Å². The molecule has 24 heavy (non-hydrogen) atoms. The number of carbonyl (C=O) groups is 2. The van der Waals surface area contributed by atoms with Gasteiger partial charge in [0.15, 0.2) is 6.61 Å². The van der Waals surface area contributed by atoms with Gasteiger partial charge < -0.3 is 15.2 Å². The van der Waals surface area contributed by atoms with Crippen LogP contribution < -0.4 is 10.5 Å². The summed E-state index contributed by atoms with van der Waals surface area (Å²) in [5.41, 5.74) is 4.83. The van der Waals surface area contributed by atoms with Crippen LogP contribution in [0.3, 0.4) is 0 Å². The Bertz CT molecular complexity index is 731. The van der Waals surface area contributed by atoms with E-state index in [2.05, 4.69) is 9.46 Å². The molecule has 1 heterocycles. The Labute approximate surface area is 144 Å². The summed E-state index contributed by atoms with van der Waals surface area (Å²) < 4.78 is 37.2. The van der Waals surface area contributed by atoms with Crippen LogP contribution in [0.25, 0.3) is 0 Å². The first-order valence-electron chi connectivity index (χ1n) is 7.16. The van der Waals surface area contributed by atoms with Gasteiger partial charge in [0, 0.05) is 13.2 Å². The van der Waals surface area contributed by atoms with E-state index < -0.39 is 28.5 Å². The number of ether oxygens (including phenoxy) is 2. The standard InChI is InChI=1S/C14H17ClN2O6S/c15-11-4-3-9(14(19)23-8-13(16)18)6-12(11)24(20,21)17-7-10-2-1-5-22-10/h3-4,6,10,17H,1-2,5,7-8H2,(H2,16,18)/t10-/m1/s1. The number of hydrogen-bond donors (Lipinski definition) is 2. The molecular formula is C14H17ClN2O6S. The van der Waals surface area contributed by atoms with Gasteiger partial charge in [0.05, 0.1) is 16.7 Å². The first-order chi connectivity index (χ1) is 11.3. The second-order valence-corrected chi connectivity index (χ2v) is 7.32. The molecule has 1 aliphatic rings. The van der Waals surface area contributed by atoms with E-state index in [-0.39, 0.29) is 28.1 Å². The lowest BCUT2D eigenvalue weighted by Crippen LogP contribution is -2.32. The number of halogens is 1. The second kappa shape index (κ2) is 7.93. The molecule has 1 fully saturated rings. The molecule has 0 radical (unpaired) electrons. The Hall–Kier alpha value is -1.68. The van der Waals surface area contributed by atoms with E-state index in [0.717, 1.165) is 18.9 Å². The smallest absolute Gasteiger partial charge is 0.338 e. The largest absolute Gasteiger partial charge is 0.452 e. The Morgan fingerprint density at radius 3 is 2.79 bits per heavy atom. The van der Waals surface area contributed by atoms with Crippen molar-refractivity contribution in [2.75, 3.05) is 19.8 Å². The van der Waals surface area contributed by atoms with Crippen LogP contribution in [0, 0.1) is 0 Å². The fourth-order valence-corrected chi connectivity index (χ4v) is 3.73. The maximum atomic E-state index is 12.4. The number of primary amides is 1. The Kier molecular flexibility index (Phi) is 6.16. The zero-order valence-electron chi connectivity index (χ0n) is 12.7. The van der Waals surface area contributed by atoms with Crippen LogP contribution in [-0.4, -0.2) is 46.2 Å². The molecule has 1 aromatic rings. The summed E-state index contributed by atoms with van der Waals surface area (Å²) in [5, 5.41) is -0.0405. The number of carbonyl (C=O) groups excluding carboxylic acids is 2. The van der Waals surface area contributed by atoms with Crippen molar-refractivity contribution in [3.05, 3.63) is 28.8 Å². The number of nitrogens with two attached hydrogens (primary N) is 1. The van der Waals surface area contributed by atoms with Gasteiger partial charge in [-0.15, -0.1) is 0 Å². The quantitative estimate of drug-likeness (QED) is 0.665. The molecule has 10 heteroatoms. The summed E-state index contributed by atoms with van der Waals surface area (Å²) in [6.07, 6.45) is 1.48. The number of esters is 1. The number of hydrogen-bond acceptors (Lipinski definition) is 6. The molecule has 0 spiro atoms. The molecule has 0 bridgehead atoms. The fraction of sp³-hybridized carbons (Fsp3) is 0.429. The SMILES string of the molecule is NC(=O)COC(=O)c1ccc(Cl)c(S(=O)(=O)NC[C@H]2CCCO2)c1. The summed E-state index contributed by atoms with van der Waals surface area (Å²) in [6.45, 7) is 0.129. The van der Waals surface area contributed by atoms with Gasteiger partial charge in [-0.05, 0) is 31.0 Å². The van der Waals surface area contributed by atoms with E-state index in [1.165, 1.54) is 12.1 Å². The van der Waals surface area contributed by atoms with Crippen LogP contribution in [0.15, 0.2) is 23.1 Å². The Morgan fingerprint density at radius 2 is 2.17 bits per heavy atom. The van der Waals surface area contributed by atoms with Gasteiger partial charge in [-0.2, -0.15) is 0 Å². The van der Waals surface area contributed by atoms with Crippen molar-refractivity contribution in [1.82, 2.24) is 4.72 Å². The number of benzene rings is 1. The highest BCUT2D eigenvalue weighted by atomic mass is 35.5. The molecule has 1 amide bonds. The third-order valence-electron chi connectivity index (χ3n) is 3.33.